The minimum Gasteiger partial charge on any atom is -0.369 e. The van der Waals surface area contributed by atoms with Gasteiger partial charge in [0.2, 0.25) is 0 Å². The molecule has 0 aliphatic carbocycles. The minimum absolute atomic E-state index is 0.225. The summed E-state index contributed by atoms with van der Waals surface area (Å²) in [6, 6.07) is 20.0. The highest BCUT2D eigenvalue weighted by Crippen LogP contribution is 2.31. The third-order valence-corrected chi connectivity index (χ3v) is 5.13. The predicted molar refractivity (Wildman–Crippen MR) is 120 cm³/mol. The van der Waals surface area contributed by atoms with E-state index in [4.69, 9.17) is 4.52 Å². The number of hydrogen-bond donors (Lipinski definition) is 2. The van der Waals surface area contributed by atoms with Gasteiger partial charge in [-0.2, -0.15) is 5.10 Å². The lowest BCUT2D eigenvalue weighted by atomic mass is 10.1. The smallest absolute Gasteiger partial charge is 0.257 e. The van der Waals surface area contributed by atoms with Crippen molar-refractivity contribution in [1.29, 1.82) is 0 Å². The number of amides is 1. The number of aryl methyl sites for hydroxylation is 2. The molecule has 0 saturated heterocycles. The third kappa shape index (κ3) is 4.66. The van der Waals surface area contributed by atoms with Crippen molar-refractivity contribution < 1.29 is 9.32 Å². The second kappa shape index (κ2) is 9.30. The number of nitrogens with zero attached hydrogens (tertiary/aromatic N) is 3. The summed E-state index contributed by atoms with van der Waals surface area (Å²) >= 11 is 0. The van der Waals surface area contributed by atoms with Crippen LogP contribution in [0.1, 0.15) is 27.2 Å². The first-order valence-electron chi connectivity index (χ1n) is 10.2. The zero-order valence-corrected chi connectivity index (χ0v) is 17.6. The van der Waals surface area contributed by atoms with Gasteiger partial charge in [0, 0.05) is 20.1 Å². The number of carbonyl (C=O) groups is 1. The molecule has 31 heavy (non-hydrogen) atoms. The molecule has 7 heteroatoms. The van der Waals surface area contributed by atoms with E-state index in [1.165, 1.54) is 5.56 Å². The fourth-order valence-corrected chi connectivity index (χ4v) is 3.48. The van der Waals surface area contributed by atoms with Gasteiger partial charge in [0.15, 0.2) is 0 Å². The van der Waals surface area contributed by atoms with Gasteiger partial charge in [-0.1, -0.05) is 65.8 Å². The molecule has 2 N–H and O–H groups in total. The van der Waals surface area contributed by atoms with Crippen LogP contribution in [-0.2, 0) is 20.0 Å². The standard InChI is InChI=1S/C24H25N5O2/c1-17-21(24(30)26-15-19-11-7-4-8-12-19)22(28-31-17)20-16-27-29(2)23(20)25-14-13-18-9-5-3-6-10-18/h3-12,16,25H,13-15H2,1-2H3,(H,26,30). The zero-order chi connectivity index (χ0) is 21.6. The van der Waals surface area contributed by atoms with Crippen LogP contribution < -0.4 is 10.6 Å². The number of rotatable bonds is 8. The van der Waals surface area contributed by atoms with Crippen molar-refractivity contribution in [3.05, 3.63) is 89.3 Å². The Kier molecular flexibility index (Phi) is 6.12. The van der Waals surface area contributed by atoms with Crippen molar-refractivity contribution in [2.75, 3.05) is 11.9 Å². The molecule has 0 aliphatic heterocycles. The van der Waals surface area contributed by atoms with Crippen LogP contribution in [0.5, 0.6) is 0 Å². The van der Waals surface area contributed by atoms with Crippen molar-refractivity contribution in [3.63, 3.8) is 0 Å². The summed E-state index contributed by atoms with van der Waals surface area (Å²) in [5.74, 6) is 1.04. The maximum Gasteiger partial charge on any atom is 0.257 e. The summed E-state index contributed by atoms with van der Waals surface area (Å²) in [7, 11) is 1.86. The first kappa shape index (κ1) is 20.4. The monoisotopic (exact) mass is 415 g/mol. The average molecular weight is 415 g/mol. The Morgan fingerprint density at radius 1 is 1.03 bits per heavy atom. The first-order chi connectivity index (χ1) is 15.1. The summed E-state index contributed by atoms with van der Waals surface area (Å²) in [5, 5.41) is 14.9. The number of carbonyl (C=O) groups excluding carboxylic acids is 1. The Labute approximate surface area is 181 Å². The van der Waals surface area contributed by atoms with Gasteiger partial charge < -0.3 is 15.2 Å². The van der Waals surface area contributed by atoms with Crippen molar-refractivity contribution in [2.24, 2.45) is 7.05 Å². The van der Waals surface area contributed by atoms with Gasteiger partial charge in [-0.25, -0.2) is 0 Å². The highest BCUT2D eigenvalue weighted by atomic mass is 16.5. The molecule has 0 radical (unpaired) electrons. The van der Waals surface area contributed by atoms with Crippen LogP contribution in [0.2, 0.25) is 0 Å². The maximum absolute atomic E-state index is 13.0. The molecular weight excluding hydrogens is 390 g/mol. The molecule has 2 aromatic carbocycles. The highest BCUT2D eigenvalue weighted by molar-refractivity contribution is 6.01. The summed E-state index contributed by atoms with van der Waals surface area (Å²) < 4.78 is 7.13. The molecule has 0 spiro atoms. The molecule has 158 valence electrons. The molecule has 0 saturated carbocycles. The predicted octanol–water partition coefficient (Wildman–Crippen LogP) is 3.97. The Hall–Kier alpha value is -3.87. The molecule has 0 bridgehead atoms. The summed E-state index contributed by atoms with van der Waals surface area (Å²) in [6.45, 7) is 2.90. The minimum atomic E-state index is -0.225. The van der Waals surface area contributed by atoms with Crippen LogP contribution in [0.25, 0.3) is 11.3 Å². The van der Waals surface area contributed by atoms with Gasteiger partial charge in [0.25, 0.3) is 5.91 Å². The fraction of sp³-hybridized carbons (Fsp3) is 0.208. The van der Waals surface area contributed by atoms with Crippen LogP contribution >= 0.6 is 0 Å². The van der Waals surface area contributed by atoms with E-state index in [9.17, 15) is 4.79 Å². The maximum atomic E-state index is 13.0. The lowest BCUT2D eigenvalue weighted by molar-refractivity contribution is 0.0950. The third-order valence-electron chi connectivity index (χ3n) is 5.13. The molecule has 0 aliphatic rings. The Balaban J connectivity index is 1.52. The van der Waals surface area contributed by atoms with Crippen molar-refractivity contribution in [3.8, 4) is 11.3 Å². The Morgan fingerprint density at radius 3 is 2.42 bits per heavy atom. The van der Waals surface area contributed by atoms with E-state index in [0.29, 0.717) is 23.6 Å². The van der Waals surface area contributed by atoms with Crippen LogP contribution in [0, 0.1) is 6.92 Å². The van der Waals surface area contributed by atoms with Crippen molar-refractivity contribution in [1.82, 2.24) is 20.3 Å². The Bertz CT molecular complexity index is 1150. The van der Waals surface area contributed by atoms with E-state index in [1.807, 2.05) is 55.6 Å². The Morgan fingerprint density at radius 2 is 1.71 bits per heavy atom. The van der Waals surface area contributed by atoms with Crippen molar-refractivity contribution >= 4 is 11.7 Å². The summed E-state index contributed by atoms with van der Waals surface area (Å²) in [4.78, 5) is 13.0. The van der Waals surface area contributed by atoms with Gasteiger partial charge in [-0.05, 0) is 24.5 Å². The van der Waals surface area contributed by atoms with E-state index in [1.54, 1.807) is 17.8 Å². The molecule has 0 atom stereocenters. The molecule has 4 aromatic rings. The number of aromatic nitrogens is 3. The van der Waals surface area contributed by atoms with Gasteiger partial charge in [-0.3, -0.25) is 9.48 Å². The first-order valence-corrected chi connectivity index (χ1v) is 10.2. The number of benzene rings is 2. The second-order valence-electron chi connectivity index (χ2n) is 7.32. The van der Waals surface area contributed by atoms with Gasteiger partial charge in [0.1, 0.15) is 22.8 Å². The van der Waals surface area contributed by atoms with E-state index in [2.05, 4.69) is 33.0 Å². The van der Waals surface area contributed by atoms with Crippen molar-refractivity contribution in [2.45, 2.75) is 19.9 Å². The largest absolute Gasteiger partial charge is 0.369 e. The van der Waals surface area contributed by atoms with Crippen LogP contribution in [-0.4, -0.2) is 27.4 Å². The number of hydrogen-bond acceptors (Lipinski definition) is 5. The number of anilines is 1. The van der Waals surface area contributed by atoms with Crippen LogP contribution in [0.15, 0.2) is 71.4 Å². The molecule has 0 fully saturated rings. The van der Waals surface area contributed by atoms with Gasteiger partial charge >= 0.3 is 0 Å². The van der Waals surface area contributed by atoms with Crippen LogP contribution in [0.4, 0.5) is 5.82 Å². The molecule has 7 nitrogen and oxygen atoms in total. The topological polar surface area (TPSA) is 85.0 Å². The van der Waals surface area contributed by atoms with Gasteiger partial charge in [0.05, 0.1) is 11.8 Å². The zero-order valence-electron chi connectivity index (χ0n) is 17.6. The lowest BCUT2D eigenvalue weighted by Crippen LogP contribution is -2.23. The SMILES string of the molecule is Cc1onc(-c2cnn(C)c2NCCc2ccccc2)c1C(=O)NCc1ccccc1. The summed E-state index contributed by atoms with van der Waals surface area (Å²) in [5.41, 5.74) is 3.92. The molecule has 1 amide bonds. The number of nitrogens with one attached hydrogen (secondary N) is 2. The van der Waals surface area contributed by atoms with E-state index < -0.39 is 0 Å². The average Bonchev–Trinajstić information content (AvgIpc) is 3.36. The normalized spacial score (nSPS) is 10.8. The highest BCUT2D eigenvalue weighted by Gasteiger charge is 2.25. The molecule has 2 aromatic heterocycles. The quantitative estimate of drug-likeness (QED) is 0.455. The molecule has 4 rings (SSSR count). The molecular formula is C24H25N5O2. The van der Waals surface area contributed by atoms with E-state index >= 15 is 0 Å². The summed E-state index contributed by atoms with van der Waals surface area (Å²) in [6.07, 6.45) is 2.57. The van der Waals surface area contributed by atoms with Gasteiger partial charge in [-0.15, -0.1) is 0 Å². The fourth-order valence-electron chi connectivity index (χ4n) is 3.48. The van der Waals surface area contributed by atoms with E-state index in [-0.39, 0.29) is 5.91 Å². The van der Waals surface area contributed by atoms with E-state index in [0.717, 1.165) is 29.9 Å². The molecule has 2 heterocycles. The second-order valence-corrected chi connectivity index (χ2v) is 7.32. The molecule has 0 unspecified atom stereocenters. The van der Waals surface area contributed by atoms with Crippen LogP contribution in [0.3, 0.4) is 0 Å². The lowest BCUT2D eigenvalue weighted by Gasteiger charge is -2.10.